The van der Waals surface area contributed by atoms with Crippen LogP contribution >= 0.6 is 0 Å². The molecule has 2 amide bonds. The fourth-order valence-corrected chi connectivity index (χ4v) is 5.95. The van der Waals surface area contributed by atoms with Crippen molar-refractivity contribution in [1.82, 2.24) is 15.1 Å². The largest absolute Gasteiger partial charge is 0.399 e. The number of benzene rings is 1. The highest BCUT2D eigenvalue weighted by atomic mass is 16.2. The zero-order chi connectivity index (χ0) is 34.6. The Morgan fingerprint density at radius 1 is 0.978 bits per heavy atom. The number of likely N-dealkylation sites (tertiary alicyclic amines) is 2. The molecule has 0 aromatic heterocycles. The number of allylic oxidation sites excluding steroid dienone is 4. The summed E-state index contributed by atoms with van der Waals surface area (Å²) < 4.78 is 0. The molecule has 6 heteroatoms. The normalized spacial score (nSPS) is 20.6. The van der Waals surface area contributed by atoms with Gasteiger partial charge in [0.1, 0.15) is 0 Å². The number of piperidine rings is 3. The molecule has 260 valence electrons. The number of nitrogens with zero attached hydrogens (tertiary/aromatic N) is 2. The maximum Gasteiger partial charge on any atom is 0.236 e. The van der Waals surface area contributed by atoms with Crippen molar-refractivity contribution in [2.75, 3.05) is 32.7 Å². The molecule has 6 nitrogen and oxygen atoms in total. The highest BCUT2D eigenvalue weighted by Gasteiger charge is 2.27. The van der Waals surface area contributed by atoms with E-state index in [1.807, 2.05) is 27.7 Å². The molecule has 0 spiro atoms. The second kappa shape index (κ2) is 22.6. The van der Waals surface area contributed by atoms with E-state index in [4.69, 9.17) is 5.73 Å². The maximum atomic E-state index is 12.6. The molecule has 1 aromatic carbocycles. The number of carbonyl (C=O) groups is 2. The van der Waals surface area contributed by atoms with Crippen LogP contribution in [0, 0.1) is 11.8 Å². The summed E-state index contributed by atoms with van der Waals surface area (Å²) in [5.74, 6) is 2.20. The van der Waals surface area contributed by atoms with E-state index in [-0.39, 0.29) is 11.8 Å². The zero-order valence-electron chi connectivity index (χ0n) is 31.0. The van der Waals surface area contributed by atoms with Crippen LogP contribution in [-0.4, -0.2) is 54.3 Å². The molecule has 0 radical (unpaired) electrons. The number of hydrogen-bond acceptors (Lipinski definition) is 4. The maximum absolute atomic E-state index is 12.6. The minimum atomic E-state index is -0.0600. The van der Waals surface area contributed by atoms with Gasteiger partial charge in [0.25, 0.3) is 0 Å². The van der Waals surface area contributed by atoms with E-state index in [0.29, 0.717) is 24.3 Å². The Bertz CT molecular complexity index is 1090. The van der Waals surface area contributed by atoms with Crippen molar-refractivity contribution in [2.24, 2.45) is 17.6 Å². The molecule has 3 N–H and O–H groups in total. The van der Waals surface area contributed by atoms with Gasteiger partial charge in [-0.15, -0.1) is 0 Å². The van der Waals surface area contributed by atoms with Crippen LogP contribution in [0.25, 0.3) is 0 Å². The molecule has 2 unspecified atom stereocenters. The van der Waals surface area contributed by atoms with Gasteiger partial charge in [-0.2, -0.15) is 0 Å². The Hall–Kier alpha value is -2.86. The number of carbonyl (C=O) groups excluding carboxylic acids is 2. The molecule has 3 fully saturated rings. The lowest BCUT2D eigenvalue weighted by Crippen LogP contribution is -2.45. The lowest BCUT2D eigenvalue weighted by molar-refractivity contribution is -0.134. The predicted molar refractivity (Wildman–Crippen MR) is 198 cm³/mol. The average Bonchev–Trinajstić information content (AvgIpc) is 3.07. The smallest absolute Gasteiger partial charge is 0.236 e. The third-order valence-corrected chi connectivity index (χ3v) is 9.34. The van der Waals surface area contributed by atoms with Gasteiger partial charge in [-0.05, 0) is 99.9 Å². The van der Waals surface area contributed by atoms with Crippen molar-refractivity contribution in [2.45, 2.75) is 126 Å². The quantitative estimate of drug-likeness (QED) is 0.279. The van der Waals surface area contributed by atoms with Gasteiger partial charge in [-0.3, -0.25) is 14.5 Å². The summed E-state index contributed by atoms with van der Waals surface area (Å²) in [6.07, 6.45) is 12.6. The molecule has 1 aromatic rings. The standard InChI is InChI=1S/C25H35N3O2.C11H21N.2C2H6/c1-18-9-15-28(16-10-18)24(29)17-27-13-11-21(12-14-27)20-4-6-22(7-5-20)23-8-3-19(2)26-25(23)30;1-5-9(3)7-11(12)8-10(4)6-2;2*1-2/h4-7,18,21,23H,2-3,8-17H2,1H3,(H,26,30);7-9H,5-6,12H2,1-4H3;2*1-2H3/b;10-8?,11-7+;;. The van der Waals surface area contributed by atoms with Gasteiger partial charge in [-0.25, -0.2) is 0 Å². The van der Waals surface area contributed by atoms with E-state index < -0.39 is 0 Å². The highest BCUT2D eigenvalue weighted by Crippen LogP contribution is 2.32. The van der Waals surface area contributed by atoms with Crippen LogP contribution in [0.5, 0.6) is 0 Å². The Morgan fingerprint density at radius 2 is 1.54 bits per heavy atom. The van der Waals surface area contributed by atoms with E-state index in [1.165, 1.54) is 11.1 Å². The van der Waals surface area contributed by atoms with Gasteiger partial charge in [0.15, 0.2) is 0 Å². The molecule has 3 aliphatic rings. The monoisotopic (exact) mass is 637 g/mol. The fourth-order valence-electron chi connectivity index (χ4n) is 5.95. The second-order valence-corrected chi connectivity index (χ2v) is 12.9. The number of nitrogens with one attached hydrogen (secondary N) is 1. The lowest BCUT2D eigenvalue weighted by Gasteiger charge is -2.35. The second-order valence-electron chi connectivity index (χ2n) is 12.9. The van der Waals surface area contributed by atoms with E-state index >= 15 is 0 Å². The van der Waals surface area contributed by atoms with Gasteiger partial charge in [0.05, 0.1) is 12.5 Å². The summed E-state index contributed by atoms with van der Waals surface area (Å²) in [6.45, 7) is 27.1. The van der Waals surface area contributed by atoms with Crippen molar-refractivity contribution < 1.29 is 9.59 Å². The molecule has 3 saturated heterocycles. The third-order valence-electron chi connectivity index (χ3n) is 9.34. The fraction of sp³-hybridized carbons (Fsp3) is 0.650. The molecule has 46 heavy (non-hydrogen) atoms. The van der Waals surface area contributed by atoms with Crippen LogP contribution in [0.2, 0.25) is 0 Å². The van der Waals surface area contributed by atoms with Gasteiger partial charge in [0.2, 0.25) is 11.8 Å². The van der Waals surface area contributed by atoms with Crippen LogP contribution in [0.1, 0.15) is 137 Å². The van der Waals surface area contributed by atoms with Crippen molar-refractivity contribution in [3.8, 4) is 0 Å². The first-order chi connectivity index (χ1) is 22.1. The molecule has 0 aliphatic carbocycles. The van der Waals surface area contributed by atoms with Crippen molar-refractivity contribution in [1.29, 1.82) is 0 Å². The number of nitrogens with two attached hydrogens (primary N) is 1. The molecule has 4 rings (SSSR count). The number of rotatable bonds is 8. The van der Waals surface area contributed by atoms with Crippen LogP contribution in [0.3, 0.4) is 0 Å². The van der Waals surface area contributed by atoms with E-state index in [1.54, 1.807) is 0 Å². The van der Waals surface area contributed by atoms with Crippen LogP contribution in [0.15, 0.2) is 60.0 Å². The lowest BCUT2D eigenvalue weighted by atomic mass is 9.85. The minimum Gasteiger partial charge on any atom is -0.399 e. The van der Waals surface area contributed by atoms with Crippen LogP contribution < -0.4 is 11.1 Å². The molecule has 3 heterocycles. The Morgan fingerprint density at radius 3 is 2.07 bits per heavy atom. The molecule has 3 aliphatic heterocycles. The van der Waals surface area contributed by atoms with Crippen molar-refractivity contribution in [3.05, 3.63) is 71.1 Å². The Balaban J connectivity index is 0.000000559. The van der Waals surface area contributed by atoms with Crippen LogP contribution in [0.4, 0.5) is 0 Å². The van der Waals surface area contributed by atoms with E-state index in [2.05, 4.69) is 92.7 Å². The van der Waals surface area contributed by atoms with E-state index in [0.717, 1.165) is 100 Å². The van der Waals surface area contributed by atoms with Gasteiger partial charge < -0.3 is 16.0 Å². The summed E-state index contributed by atoms with van der Waals surface area (Å²) in [7, 11) is 0. The van der Waals surface area contributed by atoms with Crippen LogP contribution in [-0.2, 0) is 9.59 Å². The number of amides is 2. The van der Waals surface area contributed by atoms with E-state index in [9.17, 15) is 9.59 Å². The first-order valence-corrected chi connectivity index (χ1v) is 18.3. The average molecular weight is 637 g/mol. The molecule has 2 atom stereocenters. The van der Waals surface area contributed by atoms with Crippen molar-refractivity contribution >= 4 is 11.8 Å². The summed E-state index contributed by atoms with van der Waals surface area (Å²) in [5, 5.41) is 2.88. The van der Waals surface area contributed by atoms with Gasteiger partial charge in [0, 0.05) is 24.5 Å². The summed E-state index contributed by atoms with van der Waals surface area (Å²) >= 11 is 0. The number of hydrogen-bond donors (Lipinski definition) is 2. The third kappa shape index (κ3) is 14.3. The first-order valence-electron chi connectivity index (χ1n) is 18.3. The SMILES string of the molecule is C=C1CCC(c2ccc(C3CCN(CC(=O)N4CCC(C)CC4)CC3)cc2)C(=O)N1.CC.CC.CCC(C)=C/C(N)=C\C(C)CC. The summed E-state index contributed by atoms with van der Waals surface area (Å²) in [6, 6.07) is 8.65. The molecule has 0 bridgehead atoms. The minimum absolute atomic E-state index is 0.0600. The topological polar surface area (TPSA) is 78.7 Å². The van der Waals surface area contributed by atoms with Gasteiger partial charge in [-0.1, -0.05) is 104 Å². The zero-order valence-corrected chi connectivity index (χ0v) is 31.0. The summed E-state index contributed by atoms with van der Waals surface area (Å²) in [4.78, 5) is 29.2. The molecular weight excluding hydrogens is 568 g/mol. The summed E-state index contributed by atoms with van der Waals surface area (Å²) in [5.41, 5.74) is 11.3. The van der Waals surface area contributed by atoms with Crippen molar-refractivity contribution in [3.63, 3.8) is 0 Å². The Labute approximate surface area is 283 Å². The highest BCUT2D eigenvalue weighted by molar-refractivity contribution is 5.86. The van der Waals surface area contributed by atoms with Gasteiger partial charge >= 0.3 is 0 Å². The predicted octanol–water partition coefficient (Wildman–Crippen LogP) is 8.92. The Kier molecular flexibility index (Phi) is 20.3. The molecule has 0 saturated carbocycles. The molecular formula is C40H68N4O2. The first kappa shape index (κ1) is 41.2.